The molecule has 0 amide bonds. The van der Waals surface area contributed by atoms with E-state index in [0.717, 1.165) is 0 Å². The molecule has 0 aromatic heterocycles. The second kappa shape index (κ2) is 4.61. The number of hydrazine groups is 1. The maximum Gasteiger partial charge on any atom is 0.132 e. The lowest BCUT2D eigenvalue weighted by atomic mass is 10.1. The molecule has 0 saturated heterocycles. The van der Waals surface area contributed by atoms with Crippen LogP contribution in [0.1, 0.15) is 11.6 Å². The maximum atomic E-state index is 13.4. The number of terminal acetylenes is 1. The van der Waals surface area contributed by atoms with E-state index >= 15 is 0 Å². The van der Waals surface area contributed by atoms with Gasteiger partial charge in [0.15, 0.2) is 0 Å². The molecule has 0 heterocycles. The summed E-state index contributed by atoms with van der Waals surface area (Å²) in [6.45, 7) is 0. The van der Waals surface area contributed by atoms with Crippen LogP contribution in [0.15, 0.2) is 18.2 Å². The number of rotatable bonds is 3. The van der Waals surface area contributed by atoms with Crippen LogP contribution in [-0.2, 0) is 0 Å². The predicted octanol–water partition coefficient (Wildman–Crippen LogP) is 0.972. The van der Waals surface area contributed by atoms with Gasteiger partial charge in [0.05, 0.1) is 12.7 Å². The molecular weight excluding hydrogens is 183 g/mol. The molecule has 4 heteroatoms. The molecule has 0 aliphatic rings. The summed E-state index contributed by atoms with van der Waals surface area (Å²) in [6.07, 6.45) is 5.19. The summed E-state index contributed by atoms with van der Waals surface area (Å²) in [7, 11) is 1.45. The molecule has 1 aromatic carbocycles. The van der Waals surface area contributed by atoms with E-state index in [1.165, 1.54) is 13.2 Å². The van der Waals surface area contributed by atoms with Crippen LogP contribution in [0.4, 0.5) is 4.39 Å². The molecule has 1 aromatic rings. The molecule has 0 bridgehead atoms. The maximum absolute atomic E-state index is 13.4. The van der Waals surface area contributed by atoms with Gasteiger partial charge in [-0.15, -0.1) is 6.42 Å². The normalized spacial score (nSPS) is 11.9. The zero-order valence-corrected chi connectivity index (χ0v) is 7.75. The van der Waals surface area contributed by atoms with Crippen LogP contribution in [0.2, 0.25) is 0 Å². The number of nitrogens with two attached hydrogens (primary N) is 1. The second-order valence-corrected chi connectivity index (χ2v) is 2.62. The van der Waals surface area contributed by atoms with Gasteiger partial charge in [0.1, 0.15) is 17.6 Å². The third-order valence-corrected chi connectivity index (χ3v) is 1.85. The van der Waals surface area contributed by atoms with E-state index < -0.39 is 11.9 Å². The summed E-state index contributed by atoms with van der Waals surface area (Å²) in [4.78, 5) is 0. The van der Waals surface area contributed by atoms with Crippen LogP contribution in [0.25, 0.3) is 0 Å². The summed E-state index contributed by atoms with van der Waals surface area (Å²) >= 11 is 0. The van der Waals surface area contributed by atoms with Crippen molar-refractivity contribution in [1.82, 2.24) is 5.43 Å². The smallest absolute Gasteiger partial charge is 0.132 e. The number of hydrogen-bond acceptors (Lipinski definition) is 3. The molecule has 3 nitrogen and oxygen atoms in total. The first-order chi connectivity index (χ1) is 6.74. The Hall–Kier alpha value is -1.57. The molecule has 0 saturated carbocycles. The molecule has 0 spiro atoms. The van der Waals surface area contributed by atoms with E-state index in [4.69, 9.17) is 17.0 Å². The number of nitrogens with one attached hydrogen (secondary N) is 1. The van der Waals surface area contributed by atoms with Crippen molar-refractivity contribution in [3.63, 3.8) is 0 Å². The van der Waals surface area contributed by atoms with E-state index in [2.05, 4.69) is 11.3 Å². The predicted molar refractivity (Wildman–Crippen MR) is 51.8 cm³/mol. The van der Waals surface area contributed by atoms with Gasteiger partial charge in [-0.25, -0.2) is 9.82 Å². The standard InChI is InChI=1S/C10H11FN2O/c1-3-8(13-12)10-7(11)5-4-6-9(10)14-2/h1,4-6,8,13H,12H2,2H3. The Morgan fingerprint density at radius 3 is 2.86 bits per heavy atom. The van der Waals surface area contributed by atoms with Gasteiger partial charge in [0.25, 0.3) is 0 Å². The zero-order valence-electron chi connectivity index (χ0n) is 7.75. The first-order valence-corrected chi connectivity index (χ1v) is 3.99. The fourth-order valence-electron chi connectivity index (χ4n) is 1.19. The number of halogens is 1. The lowest BCUT2D eigenvalue weighted by Crippen LogP contribution is -2.27. The fraction of sp³-hybridized carbons (Fsp3) is 0.200. The molecule has 3 N–H and O–H groups in total. The Kier molecular flexibility index (Phi) is 3.46. The number of methoxy groups -OCH3 is 1. The van der Waals surface area contributed by atoms with E-state index in [-0.39, 0.29) is 5.56 Å². The molecule has 0 fully saturated rings. The number of benzene rings is 1. The lowest BCUT2D eigenvalue weighted by molar-refractivity contribution is 0.399. The highest BCUT2D eigenvalue weighted by Gasteiger charge is 2.16. The summed E-state index contributed by atoms with van der Waals surface area (Å²) in [5.41, 5.74) is 2.58. The Morgan fingerprint density at radius 1 is 1.64 bits per heavy atom. The van der Waals surface area contributed by atoms with Crippen molar-refractivity contribution >= 4 is 0 Å². The summed E-state index contributed by atoms with van der Waals surface area (Å²) in [5.74, 6) is 7.46. The monoisotopic (exact) mass is 194 g/mol. The highest BCUT2D eigenvalue weighted by Crippen LogP contribution is 2.26. The van der Waals surface area contributed by atoms with Gasteiger partial charge in [-0.1, -0.05) is 12.0 Å². The van der Waals surface area contributed by atoms with Crippen molar-refractivity contribution in [2.75, 3.05) is 7.11 Å². The Bertz CT molecular complexity index is 360. The van der Waals surface area contributed by atoms with Crippen LogP contribution < -0.4 is 16.0 Å². The van der Waals surface area contributed by atoms with Crippen molar-refractivity contribution in [2.45, 2.75) is 6.04 Å². The molecule has 0 radical (unpaired) electrons. The van der Waals surface area contributed by atoms with Crippen LogP contribution in [0.3, 0.4) is 0 Å². The molecule has 1 unspecified atom stereocenters. The van der Waals surface area contributed by atoms with Crippen molar-refractivity contribution in [3.8, 4) is 18.1 Å². The second-order valence-electron chi connectivity index (χ2n) is 2.62. The van der Waals surface area contributed by atoms with Crippen LogP contribution in [0.5, 0.6) is 5.75 Å². The molecule has 1 atom stereocenters. The van der Waals surface area contributed by atoms with Gasteiger partial charge >= 0.3 is 0 Å². The fourth-order valence-corrected chi connectivity index (χ4v) is 1.19. The van der Waals surface area contributed by atoms with E-state index in [1.54, 1.807) is 12.1 Å². The van der Waals surface area contributed by atoms with Gasteiger partial charge in [-0.05, 0) is 12.1 Å². The first kappa shape index (κ1) is 10.5. The van der Waals surface area contributed by atoms with Gasteiger partial charge in [0.2, 0.25) is 0 Å². The highest BCUT2D eigenvalue weighted by molar-refractivity contribution is 5.40. The number of ether oxygens (including phenoxy) is 1. The third-order valence-electron chi connectivity index (χ3n) is 1.85. The van der Waals surface area contributed by atoms with E-state index in [9.17, 15) is 4.39 Å². The Morgan fingerprint density at radius 2 is 2.36 bits per heavy atom. The zero-order chi connectivity index (χ0) is 10.6. The largest absolute Gasteiger partial charge is 0.496 e. The molecule has 0 aliphatic heterocycles. The molecule has 74 valence electrons. The Balaban J connectivity index is 3.23. The SMILES string of the molecule is C#CC(NN)c1c(F)cccc1OC. The van der Waals surface area contributed by atoms with E-state index in [1.807, 2.05) is 0 Å². The van der Waals surface area contributed by atoms with Gasteiger partial charge in [0, 0.05) is 0 Å². The average Bonchev–Trinajstić information content (AvgIpc) is 2.22. The number of hydrogen-bond donors (Lipinski definition) is 2. The van der Waals surface area contributed by atoms with Gasteiger partial charge in [-0.3, -0.25) is 5.84 Å². The average molecular weight is 194 g/mol. The minimum Gasteiger partial charge on any atom is -0.496 e. The summed E-state index contributed by atoms with van der Waals surface area (Å²) in [5, 5.41) is 0. The third kappa shape index (κ3) is 1.84. The van der Waals surface area contributed by atoms with E-state index in [0.29, 0.717) is 5.75 Å². The van der Waals surface area contributed by atoms with Crippen molar-refractivity contribution < 1.29 is 9.13 Å². The van der Waals surface area contributed by atoms with Crippen LogP contribution in [-0.4, -0.2) is 7.11 Å². The van der Waals surface area contributed by atoms with Crippen LogP contribution >= 0.6 is 0 Å². The first-order valence-electron chi connectivity index (χ1n) is 3.99. The van der Waals surface area contributed by atoms with Crippen LogP contribution in [0, 0.1) is 18.2 Å². The Labute approximate surface area is 82.0 Å². The minimum absolute atomic E-state index is 0.250. The summed E-state index contributed by atoms with van der Waals surface area (Å²) in [6, 6.07) is 3.78. The van der Waals surface area contributed by atoms with Gasteiger partial charge in [-0.2, -0.15) is 0 Å². The van der Waals surface area contributed by atoms with Crippen molar-refractivity contribution in [2.24, 2.45) is 5.84 Å². The molecular formula is C10H11FN2O. The van der Waals surface area contributed by atoms with Gasteiger partial charge < -0.3 is 4.74 Å². The summed E-state index contributed by atoms with van der Waals surface area (Å²) < 4.78 is 18.4. The molecule has 1 rings (SSSR count). The molecule has 0 aliphatic carbocycles. The topological polar surface area (TPSA) is 47.3 Å². The van der Waals surface area contributed by atoms with Crippen molar-refractivity contribution in [3.05, 3.63) is 29.6 Å². The highest BCUT2D eigenvalue weighted by atomic mass is 19.1. The van der Waals surface area contributed by atoms with Crippen molar-refractivity contribution in [1.29, 1.82) is 0 Å². The lowest BCUT2D eigenvalue weighted by Gasteiger charge is -2.14. The quantitative estimate of drug-likeness (QED) is 0.428. The minimum atomic E-state index is -0.689. The molecule has 14 heavy (non-hydrogen) atoms.